The molecule has 0 saturated carbocycles. The molecule has 0 atom stereocenters. The number of nitrogens with one attached hydrogen (secondary N) is 2. The third-order valence-electron chi connectivity index (χ3n) is 2.09. The molecule has 0 spiro atoms. The summed E-state index contributed by atoms with van der Waals surface area (Å²) in [5.41, 5.74) is -0.551. The molecule has 0 aliphatic carbocycles. The molecule has 0 fully saturated rings. The lowest BCUT2D eigenvalue weighted by Gasteiger charge is -2.05. The van der Waals surface area contributed by atoms with Crippen LogP contribution in [0.1, 0.15) is 20.7 Å². The lowest BCUT2D eigenvalue weighted by molar-refractivity contribution is 0.0693. The molecule has 9 nitrogen and oxygen atoms in total. The summed E-state index contributed by atoms with van der Waals surface area (Å²) in [5, 5.41) is 32.9. The van der Waals surface area contributed by atoms with E-state index in [1.54, 1.807) is 0 Å². The van der Waals surface area contributed by atoms with Crippen molar-refractivity contribution in [1.29, 1.82) is 0 Å². The van der Waals surface area contributed by atoms with E-state index >= 15 is 0 Å². The van der Waals surface area contributed by atoms with Crippen molar-refractivity contribution in [3.63, 3.8) is 0 Å². The Hall–Kier alpha value is -2.97. The van der Waals surface area contributed by atoms with Gasteiger partial charge in [-0.1, -0.05) is 11.2 Å². The standard InChI is InChI=1S/C9H7N5O4/c15-6-4(2-1-3-5(6)8(17)18)7(16)10-9-11-13-14-12-9/h1-3,15H,(H,17,18)(H2,10,11,12,13,14,16). The molecule has 18 heavy (non-hydrogen) atoms. The van der Waals surface area contributed by atoms with Crippen LogP contribution in [0, 0.1) is 0 Å². The molecule has 1 heterocycles. The Labute approximate surface area is 99.5 Å². The van der Waals surface area contributed by atoms with Crippen LogP contribution >= 0.6 is 0 Å². The normalized spacial score (nSPS) is 10.0. The second-order valence-corrected chi connectivity index (χ2v) is 3.21. The number of aromatic hydroxyl groups is 1. The highest BCUT2D eigenvalue weighted by Crippen LogP contribution is 2.22. The smallest absolute Gasteiger partial charge is 0.339 e. The zero-order valence-electron chi connectivity index (χ0n) is 8.78. The van der Waals surface area contributed by atoms with Crippen molar-refractivity contribution in [3.8, 4) is 5.75 Å². The first-order valence-corrected chi connectivity index (χ1v) is 4.70. The lowest BCUT2D eigenvalue weighted by atomic mass is 10.1. The van der Waals surface area contributed by atoms with Crippen molar-refractivity contribution >= 4 is 17.8 Å². The second kappa shape index (κ2) is 4.49. The molecule has 0 aliphatic rings. The molecular formula is C9H7N5O4. The number of hydrogen-bond donors (Lipinski definition) is 4. The maximum Gasteiger partial charge on any atom is 0.339 e. The van der Waals surface area contributed by atoms with Gasteiger partial charge in [-0.05, 0) is 22.6 Å². The molecule has 1 aromatic heterocycles. The van der Waals surface area contributed by atoms with Crippen LogP contribution in [0.15, 0.2) is 18.2 Å². The van der Waals surface area contributed by atoms with E-state index in [0.29, 0.717) is 0 Å². The highest BCUT2D eigenvalue weighted by molar-refractivity contribution is 6.07. The molecule has 1 amide bonds. The van der Waals surface area contributed by atoms with Gasteiger partial charge in [-0.15, -0.1) is 0 Å². The van der Waals surface area contributed by atoms with Crippen LogP contribution in [0.4, 0.5) is 5.95 Å². The van der Waals surface area contributed by atoms with Gasteiger partial charge >= 0.3 is 5.97 Å². The number of carboxylic acid groups (broad SMARTS) is 1. The number of carboxylic acids is 1. The van der Waals surface area contributed by atoms with Gasteiger partial charge in [0.15, 0.2) is 0 Å². The third kappa shape index (κ3) is 2.09. The molecule has 2 aromatic rings. The fourth-order valence-electron chi connectivity index (χ4n) is 1.29. The third-order valence-corrected chi connectivity index (χ3v) is 2.09. The molecule has 0 bridgehead atoms. The number of H-pyrrole nitrogens is 1. The van der Waals surface area contributed by atoms with E-state index in [1.807, 2.05) is 0 Å². The summed E-state index contributed by atoms with van der Waals surface area (Å²) < 4.78 is 0. The monoisotopic (exact) mass is 249 g/mol. The van der Waals surface area contributed by atoms with Crippen molar-refractivity contribution in [2.75, 3.05) is 5.32 Å². The molecule has 92 valence electrons. The zero-order chi connectivity index (χ0) is 13.1. The summed E-state index contributed by atoms with van der Waals surface area (Å²) in [7, 11) is 0. The Morgan fingerprint density at radius 2 is 2.00 bits per heavy atom. The van der Waals surface area contributed by atoms with E-state index in [4.69, 9.17) is 5.11 Å². The summed E-state index contributed by atoms with van der Waals surface area (Å²) in [6, 6.07) is 3.81. The number of aromatic amines is 1. The topological polar surface area (TPSA) is 141 Å². The predicted octanol–water partition coefficient (Wildman–Crippen LogP) is -0.144. The highest BCUT2D eigenvalue weighted by atomic mass is 16.4. The quantitative estimate of drug-likeness (QED) is 0.592. The number of anilines is 1. The predicted molar refractivity (Wildman–Crippen MR) is 57.2 cm³/mol. The fraction of sp³-hybridized carbons (Fsp3) is 0. The first-order valence-electron chi connectivity index (χ1n) is 4.70. The Bertz CT molecular complexity index is 595. The number of hydrogen-bond acceptors (Lipinski definition) is 6. The Morgan fingerprint density at radius 3 is 2.61 bits per heavy atom. The summed E-state index contributed by atoms with van der Waals surface area (Å²) in [6.07, 6.45) is 0. The summed E-state index contributed by atoms with van der Waals surface area (Å²) in [6.45, 7) is 0. The number of benzene rings is 1. The number of carbonyl (C=O) groups is 2. The van der Waals surface area contributed by atoms with Gasteiger partial charge in [0.05, 0.1) is 5.56 Å². The Morgan fingerprint density at radius 1 is 1.28 bits per heavy atom. The van der Waals surface area contributed by atoms with Gasteiger partial charge in [0.2, 0.25) is 5.95 Å². The highest BCUT2D eigenvalue weighted by Gasteiger charge is 2.18. The summed E-state index contributed by atoms with van der Waals surface area (Å²) in [4.78, 5) is 22.5. The Kier molecular flexibility index (Phi) is 2.87. The molecule has 0 saturated heterocycles. The van der Waals surface area contributed by atoms with Gasteiger partial charge in [0, 0.05) is 0 Å². The van der Waals surface area contributed by atoms with Crippen molar-refractivity contribution in [1.82, 2.24) is 20.6 Å². The van der Waals surface area contributed by atoms with E-state index in [9.17, 15) is 14.7 Å². The number of tetrazole rings is 1. The minimum atomic E-state index is -1.33. The number of aromatic carboxylic acids is 1. The SMILES string of the molecule is O=C(O)c1cccc(C(=O)Nc2nnn[nH]2)c1O. The largest absolute Gasteiger partial charge is 0.506 e. The molecule has 9 heteroatoms. The lowest BCUT2D eigenvalue weighted by Crippen LogP contribution is -2.14. The molecular weight excluding hydrogens is 242 g/mol. The average Bonchev–Trinajstić information content (AvgIpc) is 2.81. The summed E-state index contributed by atoms with van der Waals surface area (Å²) in [5.74, 6) is -2.69. The minimum absolute atomic E-state index is 0.0138. The molecule has 4 N–H and O–H groups in total. The number of phenols is 1. The van der Waals surface area contributed by atoms with Crippen LogP contribution < -0.4 is 5.32 Å². The molecule has 1 aromatic carbocycles. The zero-order valence-corrected chi connectivity index (χ0v) is 8.78. The van der Waals surface area contributed by atoms with Crippen LogP contribution in [-0.4, -0.2) is 42.7 Å². The van der Waals surface area contributed by atoms with Crippen LogP contribution in [0.2, 0.25) is 0 Å². The van der Waals surface area contributed by atoms with Crippen LogP contribution in [0.25, 0.3) is 0 Å². The van der Waals surface area contributed by atoms with E-state index < -0.39 is 17.6 Å². The van der Waals surface area contributed by atoms with Gasteiger partial charge in [-0.3, -0.25) is 10.1 Å². The number of carbonyl (C=O) groups excluding carboxylic acids is 1. The van der Waals surface area contributed by atoms with E-state index in [2.05, 4.69) is 25.9 Å². The number of nitrogens with zero attached hydrogens (tertiary/aromatic N) is 3. The van der Waals surface area contributed by atoms with Gasteiger partial charge in [-0.2, -0.15) is 0 Å². The summed E-state index contributed by atoms with van der Waals surface area (Å²) >= 11 is 0. The molecule has 0 unspecified atom stereocenters. The maximum absolute atomic E-state index is 11.7. The van der Waals surface area contributed by atoms with Gasteiger partial charge in [0.25, 0.3) is 5.91 Å². The maximum atomic E-state index is 11.7. The number of para-hydroxylation sites is 1. The van der Waals surface area contributed by atoms with Gasteiger partial charge in [0.1, 0.15) is 11.3 Å². The van der Waals surface area contributed by atoms with Crippen molar-refractivity contribution in [2.24, 2.45) is 0 Å². The number of amides is 1. The van der Waals surface area contributed by atoms with Crippen LogP contribution in [0.3, 0.4) is 0 Å². The van der Waals surface area contributed by atoms with Crippen LogP contribution in [-0.2, 0) is 0 Å². The van der Waals surface area contributed by atoms with Crippen molar-refractivity contribution in [3.05, 3.63) is 29.3 Å². The first kappa shape index (κ1) is 11.5. The Balaban J connectivity index is 2.31. The fourth-order valence-corrected chi connectivity index (χ4v) is 1.29. The van der Waals surface area contributed by atoms with E-state index in [0.717, 1.165) is 0 Å². The average molecular weight is 249 g/mol. The van der Waals surface area contributed by atoms with E-state index in [-0.39, 0.29) is 17.1 Å². The first-order chi connectivity index (χ1) is 8.59. The van der Waals surface area contributed by atoms with E-state index in [1.165, 1.54) is 18.2 Å². The van der Waals surface area contributed by atoms with Crippen molar-refractivity contribution in [2.45, 2.75) is 0 Å². The molecule has 0 radical (unpaired) electrons. The van der Waals surface area contributed by atoms with Gasteiger partial charge < -0.3 is 10.2 Å². The number of aromatic nitrogens is 4. The molecule has 2 rings (SSSR count). The van der Waals surface area contributed by atoms with Crippen LogP contribution in [0.5, 0.6) is 5.75 Å². The van der Waals surface area contributed by atoms with Crippen molar-refractivity contribution < 1.29 is 19.8 Å². The number of rotatable bonds is 3. The minimum Gasteiger partial charge on any atom is -0.506 e. The second-order valence-electron chi connectivity index (χ2n) is 3.21. The molecule has 0 aliphatic heterocycles. The van der Waals surface area contributed by atoms with Gasteiger partial charge in [-0.25, -0.2) is 9.89 Å².